The zero-order valence-electron chi connectivity index (χ0n) is 24.4. The second-order valence-electron chi connectivity index (χ2n) is 10.9. The van der Waals surface area contributed by atoms with Crippen molar-refractivity contribution in [3.63, 3.8) is 0 Å². The van der Waals surface area contributed by atoms with E-state index in [1.807, 2.05) is 57.4 Å². The van der Waals surface area contributed by atoms with Crippen molar-refractivity contribution < 1.29 is 23.9 Å². The average molecular weight is 558 g/mol. The van der Waals surface area contributed by atoms with Crippen molar-refractivity contribution >= 4 is 35.4 Å². The van der Waals surface area contributed by atoms with Crippen molar-refractivity contribution in [1.29, 1.82) is 0 Å². The van der Waals surface area contributed by atoms with E-state index in [0.29, 0.717) is 35.6 Å². The molecule has 0 aliphatic heterocycles. The minimum atomic E-state index is -0.951. The summed E-state index contributed by atoms with van der Waals surface area (Å²) in [5, 5.41) is 5.75. The number of carbonyl (C=O) groups excluding carboxylic acids is 3. The Kier molecular flexibility index (Phi) is 11.7. The number of methoxy groups -OCH3 is 1. The second-order valence-corrected chi connectivity index (χ2v) is 11.9. The molecule has 0 radical (unpaired) electrons. The SMILES string of the molecule is CCC(C)(C)N(C(=O)C(CCSC)NC(=O)OC(C)(C)C)C(C(=O)Nc1ccc(OC)cc1)c1ccccc1. The molecule has 0 aliphatic carbocycles. The number of carbonyl (C=O) groups is 3. The standard InChI is InChI=1S/C30H43N3O5S/c1-9-30(5,6)33(27(35)24(19-20-39-8)32-28(36)38-29(2,3)4)25(21-13-11-10-12-14-21)26(34)31-22-15-17-23(37-7)18-16-22/h10-18,24-25H,9,19-20H2,1-8H3,(H,31,34)(H,32,36). The highest BCUT2D eigenvalue weighted by Gasteiger charge is 2.43. The van der Waals surface area contributed by atoms with Crippen molar-refractivity contribution in [3.05, 3.63) is 60.2 Å². The lowest BCUT2D eigenvalue weighted by Gasteiger charge is -2.44. The molecule has 0 aliphatic rings. The smallest absolute Gasteiger partial charge is 0.408 e. The first-order valence-electron chi connectivity index (χ1n) is 13.1. The number of amides is 3. The number of thioether (sulfide) groups is 1. The molecular weight excluding hydrogens is 514 g/mol. The van der Waals surface area contributed by atoms with Gasteiger partial charge in [-0.25, -0.2) is 4.79 Å². The minimum Gasteiger partial charge on any atom is -0.497 e. The van der Waals surface area contributed by atoms with Gasteiger partial charge in [0.25, 0.3) is 5.91 Å². The number of alkyl carbamates (subject to hydrolysis) is 1. The van der Waals surface area contributed by atoms with E-state index < -0.39 is 29.3 Å². The fourth-order valence-corrected chi connectivity index (χ4v) is 4.47. The van der Waals surface area contributed by atoms with Gasteiger partial charge in [0, 0.05) is 11.2 Å². The van der Waals surface area contributed by atoms with E-state index in [0.717, 1.165) is 0 Å². The van der Waals surface area contributed by atoms with Crippen LogP contribution in [0.4, 0.5) is 10.5 Å². The Morgan fingerprint density at radius 1 is 0.974 bits per heavy atom. The van der Waals surface area contributed by atoms with Gasteiger partial charge in [0.05, 0.1) is 7.11 Å². The van der Waals surface area contributed by atoms with Crippen LogP contribution in [0.25, 0.3) is 0 Å². The third-order valence-corrected chi connectivity index (χ3v) is 6.98. The van der Waals surface area contributed by atoms with Gasteiger partial charge in [0.15, 0.2) is 0 Å². The van der Waals surface area contributed by atoms with Crippen LogP contribution in [-0.4, -0.2) is 59.1 Å². The molecule has 0 fully saturated rings. The van der Waals surface area contributed by atoms with E-state index in [2.05, 4.69) is 10.6 Å². The van der Waals surface area contributed by atoms with Gasteiger partial charge < -0.3 is 25.0 Å². The number of rotatable bonds is 12. The summed E-state index contributed by atoms with van der Waals surface area (Å²) in [7, 11) is 1.58. The summed E-state index contributed by atoms with van der Waals surface area (Å²) in [5.41, 5.74) is -0.194. The fraction of sp³-hybridized carbons (Fsp3) is 0.500. The molecule has 0 spiro atoms. The topological polar surface area (TPSA) is 97.0 Å². The highest BCUT2D eigenvalue weighted by Crippen LogP contribution is 2.33. The van der Waals surface area contributed by atoms with Crippen LogP contribution in [0.2, 0.25) is 0 Å². The Balaban J connectivity index is 2.55. The summed E-state index contributed by atoms with van der Waals surface area (Å²) in [5.74, 6) is 0.602. The Labute approximate surface area is 237 Å². The molecule has 9 heteroatoms. The maximum Gasteiger partial charge on any atom is 0.408 e. The van der Waals surface area contributed by atoms with Crippen LogP contribution in [0.3, 0.4) is 0 Å². The summed E-state index contributed by atoms with van der Waals surface area (Å²) in [4.78, 5) is 42.7. The first-order chi connectivity index (χ1) is 18.3. The Hall–Kier alpha value is -3.20. The quantitative estimate of drug-likeness (QED) is 0.330. The predicted molar refractivity (Wildman–Crippen MR) is 158 cm³/mol. The fourth-order valence-electron chi connectivity index (χ4n) is 3.99. The molecule has 0 heterocycles. The number of nitrogens with one attached hydrogen (secondary N) is 2. The number of hydrogen-bond donors (Lipinski definition) is 2. The van der Waals surface area contributed by atoms with E-state index in [9.17, 15) is 14.4 Å². The highest BCUT2D eigenvalue weighted by molar-refractivity contribution is 7.98. The van der Waals surface area contributed by atoms with E-state index in [4.69, 9.17) is 9.47 Å². The molecule has 39 heavy (non-hydrogen) atoms. The van der Waals surface area contributed by atoms with Gasteiger partial charge in [-0.1, -0.05) is 37.3 Å². The molecule has 0 aromatic heterocycles. The molecule has 2 atom stereocenters. The van der Waals surface area contributed by atoms with Crippen LogP contribution >= 0.6 is 11.8 Å². The molecule has 2 rings (SSSR count). The second kappa shape index (κ2) is 14.3. The number of ether oxygens (including phenoxy) is 2. The molecule has 0 saturated heterocycles. The van der Waals surface area contributed by atoms with Crippen molar-refractivity contribution in [3.8, 4) is 5.75 Å². The summed E-state index contributed by atoms with van der Waals surface area (Å²) >= 11 is 1.58. The minimum absolute atomic E-state index is 0.347. The van der Waals surface area contributed by atoms with Gasteiger partial charge in [-0.2, -0.15) is 11.8 Å². The van der Waals surface area contributed by atoms with Crippen LogP contribution < -0.4 is 15.4 Å². The number of nitrogens with zero attached hydrogens (tertiary/aromatic N) is 1. The van der Waals surface area contributed by atoms with Crippen LogP contribution in [-0.2, 0) is 14.3 Å². The molecule has 2 aromatic carbocycles. The Morgan fingerprint density at radius 2 is 1.59 bits per heavy atom. The van der Waals surface area contributed by atoms with Crippen molar-refractivity contribution in [2.45, 2.75) is 77.6 Å². The third kappa shape index (κ3) is 9.49. The van der Waals surface area contributed by atoms with Crippen molar-refractivity contribution in [2.24, 2.45) is 0 Å². The van der Waals surface area contributed by atoms with E-state index >= 15 is 0 Å². The Bertz CT molecular complexity index is 1080. The summed E-state index contributed by atoms with van der Waals surface area (Å²) in [6, 6.07) is 14.4. The maximum absolute atomic E-state index is 14.4. The average Bonchev–Trinajstić information content (AvgIpc) is 2.88. The van der Waals surface area contributed by atoms with Crippen LogP contribution in [0, 0.1) is 0 Å². The number of hydrogen-bond acceptors (Lipinski definition) is 6. The summed E-state index contributed by atoms with van der Waals surface area (Å²) in [6.07, 6.45) is 2.24. The predicted octanol–water partition coefficient (Wildman–Crippen LogP) is 6.04. The molecule has 8 nitrogen and oxygen atoms in total. The molecule has 2 N–H and O–H groups in total. The van der Waals surface area contributed by atoms with Gasteiger partial charge in [0.1, 0.15) is 23.4 Å². The number of benzene rings is 2. The van der Waals surface area contributed by atoms with Crippen LogP contribution in [0.15, 0.2) is 54.6 Å². The third-order valence-electron chi connectivity index (χ3n) is 6.33. The van der Waals surface area contributed by atoms with Gasteiger partial charge in [0.2, 0.25) is 5.91 Å². The summed E-state index contributed by atoms with van der Waals surface area (Å²) < 4.78 is 10.7. The maximum atomic E-state index is 14.4. The lowest BCUT2D eigenvalue weighted by atomic mass is 9.91. The zero-order valence-corrected chi connectivity index (χ0v) is 25.2. The van der Waals surface area contributed by atoms with Crippen LogP contribution in [0.1, 0.15) is 66.0 Å². The first-order valence-corrected chi connectivity index (χ1v) is 14.5. The lowest BCUT2D eigenvalue weighted by Crippen LogP contribution is -2.59. The lowest BCUT2D eigenvalue weighted by molar-refractivity contribution is -0.147. The molecular formula is C30H43N3O5S. The molecule has 0 saturated carbocycles. The number of anilines is 1. The molecule has 2 aromatic rings. The van der Waals surface area contributed by atoms with E-state index in [1.54, 1.807) is 68.8 Å². The molecule has 214 valence electrons. The largest absolute Gasteiger partial charge is 0.497 e. The zero-order chi connectivity index (χ0) is 29.2. The molecule has 0 bridgehead atoms. The van der Waals surface area contributed by atoms with Gasteiger partial charge in [-0.05, 0) is 89.3 Å². The monoisotopic (exact) mass is 557 g/mol. The van der Waals surface area contributed by atoms with E-state index in [-0.39, 0.29) is 11.8 Å². The first kappa shape index (κ1) is 32.0. The summed E-state index contributed by atoms with van der Waals surface area (Å²) in [6.45, 7) is 11.1. The highest BCUT2D eigenvalue weighted by atomic mass is 32.2. The van der Waals surface area contributed by atoms with Crippen molar-refractivity contribution in [1.82, 2.24) is 10.2 Å². The van der Waals surface area contributed by atoms with Crippen LogP contribution in [0.5, 0.6) is 5.75 Å². The molecule has 2 unspecified atom stereocenters. The molecule has 3 amide bonds. The Morgan fingerprint density at radius 3 is 2.10 bits per heavy atom. The normalized spacial score (nSPS) is 13.1. The van der Waals surface area contributed by atoms with Gasteiger partial charge in [-0.15, -0.1) is 0 Å². The van der Waals surface area contributed by atoms with Gasteiger partial charge in [-0.3, -0.25) is 9.59 Å². The van der Waals surface area contributed by atoms with Crippen molar-refractivity contribution in [2.75, 3.05) is 24.4 Å². The van der Waals surface area contributed by atoms with Gasteiger partial charge >= 0.3 is 6.09 Å². The van der Waals surface area contributed by atoms with E-state index in [1.165, 1.54) is 0 Å².